The fourth-order valence-electron chi connectivity index (χ4n) is 4.59. The Morgan fingerprint density at radius 1 is 1.03 bits per heavy atom. The molecular weight excluding hydrogens is 498 g/mol. The number of nitrogens with one attached hydrogen (secondary N) is 2. The van der Waals surface area contributed by atoms with Crippen molar-refractivity contribution in [3.8, 4) is 23.0 Å². The van der Waals surface area contributed by atoms with Crippen LogP contribution in [0, 0.1) is 5.92 Å². The van der Waals surface area contributed by atoms with Crippen molar-refractivity contribution in [1.29, 1.82) is 0 Å². The Labute approximate surface area is 230 Å². The summed E-state index contributed by atoms with van der Waals surface area (Å²) >= 11 is 0. The zero-order valence-electron chi connectivity index (χ0n) is 23.4. The summed E-state index contributed by atoms with van der Waals surface area (Å²) in [5, 5.41) is 3.26. The molecule has 3 aromatic rings. The second-order valence-electron chi connectivity index (χ2n) is 9.68. The molecule has 1 atom stereocenters. The first kappa shape index (κ1) is 28.3. The van der Waals surface area contributed by atoms with Crippen LogP contribution in [-0.4, -0.2) is 57.1 Å². The molecule has 1 aromatic heterocycles. The molecule has 0 radical (unpaired) electrons. The van der Waals surface area contributed by atoms with E-state index in [2.05, 4.69) is 26.7 Å². The van der Waals surface area contributed by atoms with Crippen LogP contribution < -0.4 is 34.6 Å². The van der Waals surface area contributed by atoms with Crippen molar-refractivity contribution in [3.63, 3.8) is 0 Å². The van der Waals surface area contributed by atoms with E-state index in [-0.39, 0.29) is 6.10 Å². The molecule has 2 heterocycles. The molecular formula is C29H39N5O5. The molecule has 0 aliphatic carbocycles. The van der Waals surface area contributed by atoms with E-state index >= 15 is 0 Å². The largest absolute Gasteiger partial charge is 0.493 e. The van der Waals surface area contributed by atoms with Gasteiger partial charge in [0, 0.05) is 49.6 Å². The van der Waals surface area contributed by atoms with Crippen LogP contribution in [0.3, 0.4) is 0 Å². The van der Waals surface area contributed by atoms with Gasteiger partial charge >= 0.3 is 0 Å². The number of nitrogens with zero attached hydrogens (tertiary/aromatic N) is 3. The van der Waals surface area contributed by atoms with Crippen molar-refractivity contribution < 1.29 is 23.8 Å². The summed E-state index contributed by atoms with van der Waals surface area (Å²) < 4.78 is 22.1. The van der Waals surface area contributed by atoms with Crippen molar-refractivity contribution in [2.45, 2.75) is 39.3 Å². The van der Waals surface area contributed by atoms with Gasteiger partial charge in [-0.25, -0.2) is 4.98 Å². The molecule has 10 nitrogen and oxygen atoms in total. The summed E-state index contributed by atoms with van der Waals surface area (Å²) in [6.07, 6.45) is 4.09. The van der Waals surface area contributed by atoms with E-state index in [1.165, 1.54) is 0 Å². The first-order chi connectivity index (χ1) is 19.0. The van der Waals surface area contributed by atoms with Crippen LogP contribution in [0.1, 0.15) is 32.3 Å². The topological polar surface area (TPSA) is 99.2 Å². The maximum Gasteiger partial charge on any atom is 0.229 e. The summed E-state index contributed by atoms with van der Waals surface area (Å²) in [5.41, 5.74) is 4.96. The van der Waals surface area contributed by atoms with Gasteiger partial charge in [0.1, 0.15) is 11.6 Å². The summed E-state index contributed by atoms with van der Waals surface area (Å²) in [4.78, 5) is 17.3. The molecule has 39 heavy (non-hydrogen) atoms. The number of anilines is 3. The standard InChI is InChI=1S/C29H39N5O5/c1-20(2)39-24-10-6-8-21(14-24)17-31-38-19-22-9-7-13-34(18-22)27-11-12-30-29(33-27)32-23-15-25(35-3)28(37-5)26(16-23)36-4/h6,8,10-12,14-16,20,22,31H,7,9,13,17-19H2,1-5H3,(H,30,32,33)/t22-/m0/s1. The van der Waals surface area contributed by atoms with Crippen LogP contribution in [-0.2, 0) is 11.4 Å². The SMILES string of the molecule is COc1cc(Nc2nccc(N3CCC[C@H](CONCc4cccc(OC(C)C)c4)C3)n2)cc(OC)c1OC. The number of benzene rings is 2. The van der Waals surface area contributed by atoms with E-state index in [4.69, 9.17) is 28.8 Å². The Bertz CT molecular complexity index is 1180. The van der Waals surface area contributed by atoms with E-state index in [1.54, 1.807) is 27.5 Å². The Morgan fingerprint density at radius 3 is 2.54 bits per heavy atom. The molecule has 10 heteroatoms. The Morgan fingerprint density at radius 2 is 1.82 bits per heavy atom. The van der Waals surface area contributed by atoms with Crippen molar-refractivity contribution in [1.82, 2.24) is 15.4 Å². The van der Waals surface area contributed by atoms with Gasteiger partial charge in [-0.15, -0.1) is 0 Å². The van der Waals surface area contributed by atoms with Crippen LogP contribution in [0.5, 0.6) is 23.0 Å². The highest BCUT2D eigenvalue weighted by Gasteiger charge is 2.22. The smallest absolute Gasteiger partial charge is 0.229 e. The number of rotatable bonds is 13. The molecule has 0 spiro atoms. The number of ether oxygens (including phenoxy) is 4. The fourth-order valence-corrected chi connectivity index (χ4v) is 4.59. The van der Waals surface area contributed by atoms with Gasteiger partial charge in [0.05, 0.1) is 34.0 Å². The van der Waals surface area contributed by atoms with Crippen molar-refractivity contribution in [3.05, 3.63) is 54.2 Å². The van der Waals surface area contributed by atoms with Gasteiger partial charge in [-0.1, -0.05) is 12.1 Å². The van der Waals surface area contributed by atoms with E-state index in [0.717, 1.165) is 48.7 Å². The zero-order valence-corrected chi connectivity index (χ0v) is 23.4. The molecule has 210 valence electrons. The summed E-state index contributed by atoms with van der Waals surface area (Å²) in [5.74, 6) is 4.27. The maximum absolute atomic E-state index is 5.85. The molecule has 2 aromatic carbocycles. The van der Waals surface area contributed by atoms with Crippen LogP contribution >= 0.6 is 0 Å². The van der Waals surface area contributed by atoms with Crippen molar-refractivity contribution in [2.75, 3.05) is 51.2 Å². The average Bonchev–Trinajstić information content (AvgIpc) is 2.95. The predicted octanol–water partition coefficient (Wildman–Crippen LogP) is 4.97. The first-order valence-electron chi connectivity index (χ1n) is 13.2. The van der Waals surface area contributed by atoms with E-state index in [1.807, 2.05) is 50.2 Å². The fraction of sp³-hybridized carbons (Fsp3) is 0.448. The second kappa shape index (κ2) is 13.9. The van der Waals surface area contributed by atoms with E-state index in [0.29, 0.717) is 42.3 Å². The first-order valence-corrected chi connectivity index (χ1v) is 13.2. The summed E-state index contributed by atoms with van der Waals surface area (Å²) in [7, 11) is 4.75. The minimum atomic E-state index is 0.148. The second-order valence-corrected chi connectivity index (χ2v) is 9.68. The maximum atomic E-state index is 5.85. The quantitative estimate of drug-likeness (QED) is 0.230. The Balaban J connectivity index is 1.31. The Hall–Kier alpha value is -3.76. The third-order valence-electron chi connectivity index (χ3n) is 6.37. The number of piperidine rings is 1. The predicted molar refractivity (Wildman–Crippen MR) is 151 cm³/mol. The zero-order chi connectivity index (χ0) is 27.6. The van der Waals surface area contributed by atoms with E-state index < -0.39 is 0 Å². The van der Waals surface area contributed by atoms with Crippen LogP contribution in [0.2, 0.25) is 0 Å². The molecule has 1 aliphatic rings. The minimum Gasteiger partial charge on any atom is -0.493 e. The number of hydroxylamine groups is 1. The van der Waals surface area contributed by atoms with Crippen LogP contribution in [0.25, 0.3) is 0 Å². The third kappa shape index (κ3) is 7.87. The van der Waals surface area contributed by atoms with Crippen LogP contribution in [0.4, 0.5) is 17.5 Å². The number of aromatic nitrogens is 2. The van der Waals surface area contributed by atoms with Gasteiger partial charge < -0.3 is 34.0 Å². The van der Waals surface area contributed by atoms with Gasteiger partial charge in [0.15, 0.2) is 11.5 Å². The van der Waals surface area contributed by atoms with Gasteiger partial charge in [-0.05, 0) is 50.5 Å². The Kier molecular flexibility index (Phi) is 10.0. The lowest BCUT2D eigenvalue weighted by Crippen LogP contribution is -2.38. The number of hydrogen-bond acceptors (Lipinski definition) is 10. The van der Waals surface area contributed by atoms with Crippen molar-refractivity contribution in [2.24, 2.45) is 5.92 Å². The summed E-state index contributed by atoms with van der Waals surface area (Å²) in [6, 6.07) is 13.7. The highest BCUT2D eigenvalue weighted by Crippen LogP contribution is 2.40. The van der Waals surface area contributed by atoms with Crippen LogP contribution in [0.15, 0.2) is 48.7 Å². The number of methoxy groups -OCH3 is 3. The molecule has 0 unspecified atom stereocenters. The van der Waals surface area contributed by atoms with Crippen molar-refractivity contribution >= 4 is 17.5 Å². The number of hydrogen-bond donors (Lipinski definition) is 2. The van der Waals surface area contributed by atoms with Gasteiger partial charge in [-0.3, -0.25) is 0 Å². The monoisotopic (exact) mass is 537 g/mol. The highest BCUT2D eigenvalue weighted by molar-refractivity contribution is 5.66. The molecule has 4 rings (SSSR count). The van der Waals surface area contributed by atoms with Gasteiger partial charge in [0.2, 0.25) is 11.7 Å². The summed E-state index contributed by atoms with van der Waals surface area (Å²) in [6.45, 7) is 7.09. The van der Waals surface area contributed by atoms with Gasteiger partial charge in [-0.2, -0.15) is 10.5 Å². The third-order valence-corrected chi connectivity index (χ3v) is 6.37. The average molecular weight is 538 g/mol. The molecule has 1 saturated heterocycles. The minimum absolute atomic E-state index is 0.148. The molecule has 2 N–H and O–H groups in total. The normalized spacial score (nSPS) is 15.2. The molecule has 0 amide bonds. The highest BCUT2D eigenvalue weighted by atomic mass is 16.6. The molecule has 0 bridgehead atoms. The lowest BCUT2D eigenvalue weighted by atomic mass is 9.99. The molecule has 1 aliphatic heterocycles. The molecule has 0 saturated carbocycles. The molecule has 1 fully saturated rings. The lowest BCUT2D eigenvalue weighted by molar-refractivity contribution is 0.0101. The van der Waals surface area contributed by atoms with Gasteiger partial charge in [0.25, 0.3) is 0 Å². The lowest BCUT2D eigenvalue weighted by Gasteiger charge is -2.33. The van der Waals surface area contributed by atoms with E-state index in [9.17, 15) is 0 Å².